The lowest BCUT2D eigenvalue weighted by Crippen LogP contribution is -2.47. The highest BCUT2D eigenvalue weighted by Crippen LogP contribution is 2.28. The van der Waals surface area contributed by atoms with Gasteiger partial charge in [-0.1, -0.05) is 0 Å². The van der Waals surface area contributed by atoms with Crippen LogP contribution in [0, 0.1) is 5.82 Å². The SMILES string of the molecule is COc1cc(F)c2nccc(C[C@H](O)[C@@H]3CC[C@@H](NC(=O)OC(C)(C)C)CO3)c2c1. The fraction of sp³-hybridized carbons (Fsp3) is 0.545. The summed E-state index contributed by atoms with van der Waals surface area (Å²) in [5, 5.41) is 14.1. The first-order valence-electron chi connectivity index (χ1n) is 10.1. The number of aliphatic hydroxyl groups excluding tert-OH is 1. The molecule has 8 heteroatoms. The summed E-state index contributed by atoms with van der Waals surface area (Å²) in [5.74, 6) is -0.0700. The molecule has 30 heavy (non-hydrogen) atoms. The molecule has 0 radical (unpaired) electrons. The first kappa shape index (κ1) is 22.2. The number of aliphatic hydroxyl groups is 1. The number of nitrogens with zero attached hydrogens (tertiary/aromatic N) is 1. The van der Waals surface area contributed by atoms with Crippen LogP contribution in [-0.2, 0) is 15.9 Å². The van der Waals surface area contributed by atoms with Crippen LogP contribution in [0.3, 0.4) is 0 Å². The van der Waals surface area contributed by atoms with Gasteiger partial charge in [0.15, 0.2) is 5.82 Å². The Balaban J connectivity index is 1.61. The number of amides is 1. The van der Waals surface area contributed by atoms with Crippen LogP contribution >= 0.6 is 0 Å². The summed E-state index contributed by atoms with van der Waals surface area (Å²) < 4.78 is 30.5. The number of pyridine rings is 1. The molecule has 1 saturated heterocycles. The average molecular weight is 420 g/mol. The minimum Gasteiger partial charge on any atom is -0.497 e. The highest BCUT2D eigenvalue weighted by atomic mass is 19.1. The van der Waals surface area contributed by atoms with E-state index >= 15 is 0 Å². The number of hydrogen-bond acceptors (Lipinski definition) is 6. The Kier molecular flexibility index (Phi) is 6.77. The molecule has 3 atom stereocenters. The molecular formula is C22H29FN2O5. The summed E-state index contributed by atoms with van der Waals surface area (Å²) in [6, 6.07) is 4.61. The fourth-order valence-electron chi connectivity index (χ4n) is 3.56. The maximum absolute atomic E-state index is 14.3. The Labute approximate surface area is 175 Å². The normalized spacial score (nSPS) is 20.6. The quantitative estimate of drug-likeness (QED) is 0.771. The smallest absolute Gasteiger partial charge is 0.407 e. The van der Waals surface area contributed by atoms with E-state index in [1.54, 1.807) is 32.9 Å². The number of methoxy groups -OCH3 is 1. The highest BCUT2D eigenvalue weighted by molar-refractivity contribution is 5.84. The summed E-state index contributed by atoms with van der Waals surface area (Å²) in [4.78, 5) is 16.0. The average Bonchev–Trinajstić information content (AvgIpc) is 2.67. The minimum absolute atomic E-state index is 0.164. The summed E-state index contributed by atoms with van der Waals surface area (Å²) in [6.45, 7) is 5.71. The van der Waals surface area contributed by atoms with Crippen molar-refractivity contribution in [1.82, 2.24) is 10.3 Å². The molecule has 1 fully saturated rings. The van der Waals surface area contributed by atoms with Gasteiger partial charge in [-0.3, -0.25) is 4.98 Å². The third-order valence-electron chi connectivity index (χ3n) is 4.99. The van der Waals surface area contributed by atoms with Crippen molar-refractivity contribution in [3.8, 4) is 5.75 Å². The molecule has 0 aliphatic carbocycles. The van der Waals surface area contributed by atoms with E-state index < -0.39 is 23.6 Å². The Hall–Kier alpha value is -2.45. The van der Waals surface area contributed by atoms with Crippen molar-refractivity contribution in [1.29, 1.82) is 0 Å². The van der Waals surface area contributed by atoms with Crippen molar-refractivity contribution in [2.45, 2.75) is 63.9 Å². The van der Waals surface area contributed by atoms with Crippen molar-refractivity contribution in [2.75, 3.05) is 13.7 Å². The molecule has 3 rings (SSSR count). The number of hydrogen-bond donors (Lipinski definition) is 2. The number of fused-ring (bicyclic) bond motifs is 1. The predicted molar refractivity (Wildman–Crippen MR) is 110 cm³/mol. The molecule has 1 amide bonds. The Bertz CT molecular complexity index is 891. The van der Waals surface area contributed by atoms with E-state index in [0.717, 1.165) is 5.56 Å². The Morgan fingerprint density at radius 1 is 1.40 bits per heavy atom. The maximum Gasteiger partial charge on any atom is 0.407 e. The van der Waals surface area contributed by atoms with Gasteiger partial charge in [0.2, 0.25) is 0 Å². The molecule has 2 N–H and O–H groups in total. The van der Waals surface area contributed by atoms with Crippen LogP contribution in [0.25, 0.3) is 10.9 Å². The zero-order valence-electron chi connectivity index (χ0n) is 17.8. The van der Waals surface area contributed by atoms with E-state index in [-0.39, 0.29) is 17.7 Å². The van der Waals surface area contributed by atoms with Gasteiger partial charge in [0.25, 0.3) is 0 Å². The lowest BCUT2D eigenvalue weighted by atomic mass is 9.95. The maximum atomic E-state index is 14.3. The van der Waals surface area contributed by atoms with Crippen LogP contribution in [0.15, 0.2) is 24.4 Å². The number of halogens is 1. The van der Waals surface area contributed by atoms with E-state index in [9.17, 15) is 14.3 Å². The lowest BCUT2D eigenvalue weighted by molar-refractivity contribution is -0.0718. The number of nitrogens with one attached hydrogen (secondary N) is 1. The molecule has 7 nitrogen and oxygen atoms in total. The van der Waals surface area contributed by atoms with E-state index in [1.165, 1.54) is 19.4 Å². The second-order valence-corrected chi connectivity index (χ2v) is 8.54. The molecule has 2 heterocycles. The highest BCUT2D eigenvalue weighted by Gasteiger charge is 2.29. The van der Waals surface area contributed by atoms with Crippen LogP contribution in [0.2, 0.25) is 0 Å². The van der Waals surface area contributed by atoms with Gasteiger partial charge in [-0.2, -0.15) is 0 Å². The van der Waals surface area contributed by atoms with E-state index in [2.05, 4.69) is 10.3 Å². The van der Waals surface area contributed by atoms with Crippen molar-refractivity contribution < 1.29 is 28.5 Å². The summed E-state index contributed by atoms with van der Waals surface area (Å²) in [7, 11) is 1.48. The molecule has 0 spiro atoms. The molecule has 1 aliphatic rings. The number of carbonyl (C=O) groups is 1. The lowest BCUT2D eigenvalue weighted by Gasteiger charge is -2.33. The summed E-state index contributed by atoms with van der Waals surface area (Å²) in [6.07, 6.45) is 1.45. The van der Waals surface area contributed by atoms with E-state index in [4.69, 9.17) is 14.2 Å². The van der Waals surface area contributed by atoms with E-state index in [1.807, 2.05) is 0 Å². The Morgan fingerprint density at radius 3 is 2.80 bits per heavy atom. The molecule has 164 valence electrons. The van der Waals surface area contributed by atoms with Crippen molar-refractivity contribution >= 4 is 17.0 Å². The van der Waals surface area contributed by atoms with Crippen LogP contribution in [0.5, 0.6) is 5.75 Å². The third-order valence-corrected chi connectivity index (χ3v) is 4.99. The van der Waals surface area contributed by atoms with Gasteiger partial charge in [0.05, 0.1) is 32.0 Å². The number of rotatable bonds is 5. The standard InChI is InChI=1S/C22H29FN2O5/c1-22(2,3)30-21(27)25-14-5-6-19(29-12-14)18(26)9-13-7-8-24-20-16(13)10-15(28-4)11-17(20)23/h7-8,10-11,14,18-19,26H,5-6,9,12H2,1-4H3,(H,25,27)/t14-,18+,19+/m1/s1. The van der Waals surface area contributed by atoms with Gasteiger partial charge in [-0.05, 0) is 51.3 Å². The molecule has 1 aliphatic heterocycles. The number of benzene rings is 1. The Morgan fingerprint density at radius 2 is 2.17 bits per heavy atom. The van der Waals surface area contributed by atoms with Gasteiger partial charge < -0.3 is 24.6 Å². The van der Waals surface area contributed by atoms with Gasteiger partial charge in [-0.15, -0.1) is 0 Å². The van der Waals surface area contributed by atoms with Gasteiger partial charge >= 0.3 is 6.09 Å². The van der Waals surface area contributed by atoms with Crippen LogP contribution in [0.4, 0.5) is 9.18 Å². The second-order valence-electron chi connectivity index (χ2n) is 8.54. The number of ether oxygens (including phenoxy) is 3. The first-order valence-corrected chi connectivity index (χ1v) is 10.1. The molecule has 2 aromatic rings. The first-order chi connectivity index (χ1) is 14.2. The zero-order valence-corrected chi connectivity index (χ0v) is 17.8. The molecular weight excluding hydrogens is 391 g/mol. The molecule has 0 bridgehead atoms. The largest absolute Gasteiger partial charge is 0.497 e. The van der Waals surface area contributed by atoms with Crippen LogP contribution in [-0.4, -0.2) is 53.8 Å². The topological polar surface area (TPSA) is 89.9 Å². The van der Waals surface area contributed by atoms with Crippen molar-refractivity contribution in [3.63, 3.8) is 0 Å². The predicted octanol–water partition coefficient (Wildman–Crippen LogP) is 3.36. The number of alkyl carbamates (subject to hydrolysis) is 1. The molecule has 1 aromatic heterocycles. The monoisotopic (exact) mass is 420 g/mol. The van der Waals surface area contributed by atoms with E-state index in [0.29, 0.717) is 37.0 Å². The molecule has 0 saturated carbocycles. The van der Waals surface area contributed by atoms with Crippen LogP contribution in [0.1, 0.15) is 39.2 Å². The molecule has 0 unspecified atom stereocenters. The number of aromatic nitrogens is 1. The third kappa shape index (κ3) is 5.58. The summed E-state index contributed by atoms with van der Waals surface area (Å²) in [5.41, 5.74) is 0.447. The minimum atomic E-state index is -0.771. The van der Waals surface area contributed by atoms with Crippen LogP contribution < -0.4 is 10.1 Å². The molecule has 1 aromatic carbocycles. The van der Waals surface area contributed by atoms with Crippen molar-refractivity contribution in [3.05, 3.63) is 35.8 Å². The zero-order chi connectivity index (χ0) is 21.9. The number of carbonyl (C=O) groups excluding carboxylic acids is 1. The fourth-order valence-corrected chi connectivity index (χ4v) is 3.56. The summed E-state index contributed by atoms with van der Waals surface area (Å²) >= 11 is 0. The van der Waals surface area contributed by atoms with Gasteiger partial charge in [0, 0.05) is 24.1 Å². The van der Waals surface area contributed by atoms with Gasteiger partial charge in [0.1, 0.15) is 16.9 Å². The van der Waals surface area contributed by atoms with Gasteiger partial charge in [-0.25, -0.2) is 9.18 Å². The van der Waals surface area contributed by atoms with Crippen molar-refractivity contribution in [2.24, 2.45) is 0 Å². The second kappa shape index (κ2) is 9.14.